The molecule has 0 fully saturated rings. The third-order valence-corrected chi connectivity index (χ3v) is 6.26. The third kappa shape index (κ3) is 11.4. The maximum Gasteiger partial charge on any atom is 0.341 e. The highest BCUT2D eigenvalue weighted by Crippen LogP contribution is 2.13. The molecule has 0 aliphatic carbocycles. The quantitative estimate of drug-likeness (QED) is 0.138. The molecule has 0 saturated heterocycles. The Morgan fingerprint density at radius 3 is 2.06 bits per heavy atom. The molecule has 12 nitrogen and oxygen atoms in total. The van der Waals surface area contributed by atoms with Gasteiger partial charge in [0.05, 0.1) is 17.6 Å². The average molecular weight is 531 g/mol. The molecule has 2 rings (SSSR count). The highest BCUT2D eigenvalue weighted by atomic mass is 32.2. The molecule has 4 atom stereocenters. The Balaban J connectivity index is 0.000000426. The summed E-state index contributed by atoms with van der Waals surface area (Å²) >= 11 is 0. The highest BCUT2D eigenvalue weighted by molar-refractivity contribution is 7.89. The van der Waals surface area contributed by atoms with E-state index in [2.05, 4.69) is 10.0 Å². The second-order valence-corrected chi connectivity index (χ2v) is 9.41. The van der Waals surface area contributed by atoms with Crippen molar-refractivity contribution >= 4 is 16.0 Å². The van der Waals surface area contributed by atoms with E-state index in [1.807, 2.05) is 0 Å². The summed E-state index contributed by atoms with van der Waals surface area (Å²) in [4.78, 5) is 10.6. The van der Waals surface area contributed by atoms with Crippen molar-refractivity contribution in [1.82, 2.24) is 10.0 Å². The predicted octanol–water partition coefficient (Wildman–Crippen LogP) is -1.69. The van der Waals surface area contributed by atoms with Gasteiger partial charge in [-0.25, -0.2) is 17.9 Å². The lowest BCUT2D eigenvalue weighted by molar-refractivity contribution is -0.139. The van der Waals surface area contributed by atoms with Crippen LogP contribution < -0.4 is 14.8 Å². The molecular weight excluding hydrogens is 496 g/mol. The second-order valence-electron chi connectivity index (χ2n) is 7.64. The van der Waals surface area contributed by atoms with E-state index in [9.17, 15) is 18.3 Å². The van der Waals surface area contributed by atoms with E-state index in [0.29, 0.717) is 12.2 Å². The number of carboxylic acids is 1. The Morgan fingerprint density at radius 2 is 1.53 bits per heavy atom. The van der Waals surface area contributed by atoms with Gasteiger partial charge < -0.3 is 40.7 Å². The molecule has 0 aliphatic heterocycles. The van der Waals surface area contributed by atoms with E-state index >= 15 is 0 Å². The van der Waals surface area contributed by atoms with Gasteiger partial charge in [0.1, 0.15) is 24.1 Å². The van der Waals surface area contributed by atoms with Crippen LogP contribution in [0.2, 0.25) is 0 Å². The van der Waals surface area contributed by atoms with Gasteiger partial charge in [-0.2, -0.15) is 0 Å². The van der Waals surface area contributed by atoms with Gasteiger partial charge in [-0.15, -0.1) is 0 Å². The number of aliphatic hydroxyl groups excluding tert-OH is 5. The van der Waals surface area contributed by atoms with Crippen molar-refractivity contribution in [2.24, 2.45) is 0 Å². The first-order valence-electron chi connectivity index (χ1n) is 11.0. The Hall–Kier alpha value is -2.62. The first kappa shape index (κ1) is 31.4. The van der Waals surface area contributed by atoms with E-state index in [0.717, 1.165) is 5.56 Å². The lowest BCUT2D eigenvalue weighted by atomic mass is 10.0. The number of ether oxygens (including phenoxy) is 1. The number of carboxylic acid groups (broad SMARTS) is 1. The van der Waals surface area contributed by atoms with Gasteiger partial charge in [0.2, 0.25) is 10.0 Å². The molecule has 2 aromatic carbocycles. The summed E-state index contributed by atoms with van der Waals surface area (Å²) in [5.74, 6) is -0.578. The summed E-state index contributed by atoms with van der Waals surface area (Å²) in [5.41, 5.74) is 0.920. The Labute approximate surface area is 209 Å². The van der Waals surface area contributed by atoms with Gasteiger partial charge in [0.15, 0.2) is 6.61 Å². The molecule has 0 spiro atoms. The first-order valence-corrected chi connectivity index (χ1v) is 12.5. The monoisotopic (exact) mass is 530 g/mol. The molecule has 0 aromatic heterocycles. The van der Waals surface area contributed by atoms with Crippen LogP contribution in [0.1, 0.15) is 5.56 Å². The van der Waals surface area contributed by atoms with Crippen LogP contribution in [-0.4, -0.2) is 103 Å². The van der Waals surface area contributed by atoms with E-state index in [1.54, 1.807) is 49.5 Å². The fraction of sp³-hybridized carbons (Fsp3) is 0.435. The van der Waals surface area contributed by atoms with Crippen LogP contribution in [0.25, 0.3) is 0 Å². The Kier molecular flexibility index (Phi) is 14.1. The standard InChI is InChI=1S/C16H17NO5S.C7H17NO5/c18-16(19)12-22-14-8-6-13(7-9-14)10-11-17-23(20,21)15-4-2-1-3-5-15;1-8-2-4(10)6(12)7(13)5(11)3-9/h1-9,17H,10-12H2,(H,18,19);4-13H,2-3H2,1H3/t;4-,5+,6+,7+/m.1/s1. The van der Waals surface area contributed by atoms with Crippen molar-refractivity contribution in [3.05, 3.63) is 60.2 Å². The summed E-state index contributed by atoms with van der Waals surface area (Å²) in [6, 6.07) is 15.0. The molecule has 0 saturated carbocycles. The molecule has 0 unspecified atom stereocenters. The molecule has 2 aromatic rings. The largest absolute Gasteiger partial charge is 0.482 e. The molecule has 0 aliphatic rings. The molecule has 0 amide bonds. The van der Waals surface area contributed by atoms with Gasteiger partial charge >= 0.3 is 5.97 Å². The van der Waals surface area contributed by atoms with Crippen molar-refractivity contribution < 1.29 is 48.6 Å². The van der Waals surface area contributed by atoms with Crippen molar-refractivity contribution in [3.63, 3.8) is 0 Å². The van der Waals surface area contributed by atoms with Gasteiger partial charge in [-0.1, -0.05) is 30.3 Å². The van der Waals surface area contributed by atoms with Crippen LogP contribution in [0.5, 0.6) is 5.75 Å². The maximum absolute atomic E-state index is 12.0. The van der Waals surface area contributed by atoms with Crippen LogP contribution in [0.3, 0.4) is 0 Å². The maximum atomic E-state index is 12.0. The number of aliphatic hydroxyl groups is 5. The Bertz CT molecular complexity index is 990. The topological polar surface area (TPSA) is 206 Å². The minimum absolute atomic E-state index is 0.0936. The SMILES string of the molecule is CNC[C@@H](O)[C@H](O)[C@@H](O)[C@@H](O)CO.O=C(O)COc1ccc(CCNS(=O)(=O)c2ccccc2)cc1. The smallest absolute Gasteiger partial charge is 0.341 e. The van der Waals surface area contributed by atoms with E-state index in [-0.39, 0.29) is 18.0 Å². The fourth-order valence-electron chi connectivity index (χ4n) is 2.80. The summed E-state index contributed by atoms with van der Waals surface area (Å²) in [6.07, 6.45) is -5.13. The zero-order chi connectivity index (χ0) is 27.1. The van der Waals surface area contributed by atoms with Gasteiger partial charge in [-0.3, -0.25) is 0 Å². The molecule has 13 heteroatoms. The van der Waals surface area contributed by atoms with Crippen molar-refractivity contribution in [1.29, 1.82) is 0 Å². The molecule has 0 radical (unpaired) electrons. The molecule has 202 valence electrons. The highest BCUT2D eigenvalue weighted by Gasteiger charge is 2.29. The van der Waals surface area contributed by atoms with E-state index < -0.39 is 53.6 Å². The van der Waals surface area contributed by atoms with Crippen LogP contribution in [0.15, 0.2) is 59.5 Å². The lowest BCUT2D eigenvalue weighted by Crippen LogP contribution is -2.48. The third-order valence-electron chi connectivity index (χ3n) is 4.78. The molecule has 8 N–H and O–H groups in total. The summed E-state index contributed by atoms with van der Waals surface area (Å²) in [6.45, 7) is -0.691. The van der Waals surface area contributed by atoms with Crippen LogP contribution >= 0.6 is 0 Å². The van der Waals surface area contributed by atoms with Crippen LogP contribution in [0, 0.1) is 0 Å². The summed E-state index contributed by atoms with van der Waals surface area (Å²) in [7, 11) is -1.92. The molecule has 0 bridgehead atoms. The van der Waals surface area contributed by atoms with Crippen molar-refractivity contribution in [2.45, 2.75) is 35.7 Å². The van der Waals surface area contributed by atoms with E-state index in [4.69, 9.17) is 30.3 Å². The first-order chi connectivity index (χ1) is 17.0. The Morgan fingerprint density at radius 1 is 0.944 bits per heavy atom. The summed E-state index contributed by atoms with van der Waals surface area (Å²) in [5, 5.41) is 56.0. The number of benzene rings is 2. The van der Waals surface area contributed by atoms with Crippen molar-refractivity contribution in [2.75, 3.05) is 33.4 Å². The number of aliphatic carboxylic acids is 1. The molecular formula is C23H34N2O10S. The number of carbonyl (C=O) groups is 1. The molecule has 36 heavy (non-hydrogen) atoms. The number of sulfonamides is 1. The lowest BCUT2D eigenvalue weighted by Gasteiger charge is -2.25. The number of likely N-dealkylation sites (N-methyl/N-ethyl adjacent to an activating group) is 1. The van der Waals surface area contributed by atoms with Gasteiger partial charge in [0, 0.05) is 13.1 Å². The zero-order valence-corrected chi connectivity index (χ0v) is 20.6. The molecule has 0 heterocycles. The van der Waals surface area contributed by atoms with Gasteiger partial charge in [0.25, 0.3) is 0 Å². The van der Waals surface area contributed by atoms with Crippen LogP contribution in [0.4, 0.5) is 0 Å². The summed E-state index contributed by atoms with van der Waals surface area (Å²) < 4.78 is 31.6. The number of hydrogen-bond acceptors (Lipinski definition) is 10. The zero-order valence-electron chi connectivity index (χ0n) is 19.8. The average Bonchev–Trinajstić information content (AvgIpc) is 2.87. The van der Waals surface area contributed by atoms with Gasteiger partial charge in [-0.05, 0) is 43.3 Å². The minimum atomic E-state index is -3.50. The van der Waals surface area contributed by atoms with Crippen molar-refractivity contribution in [3.8, 4) is 5.75 Å². The normalized spacial score (nSPS) is 14.6. The number of rotatable bonds is 14. The second kappa shape index (κ2) is 16.2. The fourth-order valence-corrected chi connectivity index (χ4v) is 3.86. The number of hydrogen-bond donors (Lipinski definition) is 8. The number of nitrogens with one attached hydrogen (secondary N) is 2. The van der Waals surface area contributed by atoms with E-state index in [1.165, 1.54) is 12.1 Å². The predicted molar refractivity (Wildman–Crippen MR) is 130 cm³/mol. The van der Waals surface area contributed by atoms with Crippen LogP contribution in [-0.2, 0) is 21.2 Å². The minimum Gasteiger partial charge on any atom is -0.482 e.